The number of aryl methyl sites for hydroxylation is 1. The minimum atomic E-state index is -5.30. The van der Waals surface area contributed by atoms with Gasteiger partial charge in [-0.25, -0.2) is 13.4 Å². The maximum absolute atomic E-state index is 12.4. The van der Waals surface area contributed by atoms with Crippen molar-refractivity contribution >= 4 is 15.5 Å². The standard InChI is InChI=1S/C12H12F3N3O2S/c1-18-7-6-16-11(18)8-17-9-2-4-10(5-3-9)21(19,20)12(13,14)15/h2-7,17H,8H2,1H3. The molecular weight excluding hydrogens is 307 g/mol. The smallest absolute Gasteiger partial charge is 0.378 e. The molecule has 1 heterocycles. The summed E-state index contributed by atoms with van der Waals surface area (Å²) in [4.78, 5) is 3.30. The fourth-order valence-corrected chi connectivity index (χ4v) is 2.40. The largest absolute Gasteiger partial charge is 0.501 e. The lowest BCUT2D eigenvalue weighted by atomic mass is 10.3. The number of alkyl halides is 3. The van der Waals surface area contributed by atoms with Gasteiger partial charge in [0.25, 0.3) is 9.84 Å². The van der Waals surface area contributed by atoms with Crippen LogP contribution in [-0.2, 0) is 23.4 Å². The first kappa shape index (κ1) is 15.4. The van der Waals surface area contributed by atoms with Crippen LogP contribution in [-0.4, -0.2) is 23.5 Å². The van der Waals surface area contributed by atoms with Gasteiger partial charge in [0.2, 0.25) is 0 Å². The van der Waals surface area contributed by atoms with Gasteiger partial charge < -0.3 is 9.88 Å². The molecule has 0 aliphatic rings. The second-order valence-corrected chi connectivity index (χ2v) is 6.22. The normalized spacial score (nSPS) is 12.4. The van der Waals surface area contributed by atoms with Crippen LogP contribution >= 0.6 is 0 Å². The van der Waals surface area contributed by atoms with E-state index in [1.165, 1.54) is 12.1 Å². The molecule has 0 saturated carbocycles. The van der Waals surface area contributed by atoms with Crippen LogP contribution in [0.3, 0.4) is 0 Å². The first-order valence-electron chi connectivity index (χ1n) is 5.83. The molecule has 1 N–H and O–H groups in total. The van der Waals surface area contributed by atoms with E-state index in [-0.39, 0.29) is 0 Å². The number of hydrogen-bond donors (Lipinski definition) is 1. The van der Waals surface area contributed by atoms with Crippen molar-refractivity contribution in [2.45, 2.75) is 16.9 Å². The zero-order valence-corrected chi connectivity index (χ0v) is 11.7. The molecule has 0 bridgehead atoms. The summed E-state index contributed by atoms with van der Waals surface area (Å²) in [6, 6.07) is 4.40. The van der Waals surface area contributed by atoms with Gasteiger partial charge in [-0.05, 0) is 24.3 Å². The molecule has 114 valence electrons. The number of benzene rings is 1. The maximum atomic E-state index is 12.4. The van der Waals surface area contributed by atoms with Crippen molar-refractivity contribution in [3.8, 4) is 0 Å². The lowest BCUT2D eigenvalue weighted by molar-refractivity contribution is -0.0436. The molecule has 0 aliphatic heterocycles. The van der Waals surface area contributed by atoms with Crippen LogP contribution in [0, 0.1) is 0 Å². The van der Waals surface area contributed by atoms with Gasteiger partial charge in [0.1, 0.15) is 5.82 Å². The predicted octanol–water partition coefficient (Wildman–Crippen LogP) is 2.33. The Morgan fingerprint density at radius 1 is 1.24 bits per heavy atom. The van der Waals surface area contributed by atoms with Crippen molar-refractivity contribution in [2.75, 3.05) is 5.32 Å². The Hall–Kier alpha value is -2.03. The van der Waals surface area contributed by atoms with Gasteiger partial charge >= 0.3 is 5.51 Å². The van der Waals surface area contributed by atoms with E-state index in [9.17, 15) is 21.6 Å². The summed E-state index contributed by atoms with van der Waals surface area (Å²) in [6.07, 6.45) is 3.38. The van der Waals surface area contributed by atoms with Crippen molar-refractivity contribution in [1.29, 1.82) is 0 Å². The highest BCUT2D eigenvalue weighted by molar-refractivity contribution is 7.92. The quantitative estimate of drug-likeness (QED) is 0.939. The number of sulfone groups is 1. The topological polar surface area (TPSA) is 64.0 Å². The van der Waals surface area contributed by atoms with Crippen LogP contribution in [0.4, 0.5) is 18.9 Å². The Kier molecular flexibility index (Phi) is 3.95. The SMILES string of the molecule is Cn1ccnc1CNc1ccc(S(=O)(=O)C(F)(F)F)cc1. The van der Waals surface area contributed by atoms with E-state index in [1.807, 2.05) is 7.05 Å². The predicted molar refractivity (Wildman–Crippen MR) is 70.2 cm³/mol. The van der Waals surface area contributed by atoms with Gasteiger partial charge in [0, 0.05) is 25.1 Å². The molecule has 0 spiro atoms. The number of hydrogen-bond acceptors (Lipinski definition) is 4. The molecule has 1 aromatic heterocycles. The molecular formula is C12H12F3N3O2S. The van der Waals surface area contributed by atoms with Crippen LogP contribution in [0.25, 0.3) is 0 Å². The van der Waals surface area contributed by atoms with Crippen LogP contribution in [0.5, 0.6) is 0 Å². The van der Waals surface area contributed by atoms with Crippen molar-refractivity contribution in [3.05, 3.63) is 42.5 Å². The average Bonchev–Trinajstić information content (AvgIpc) is 2.81. The van der Waals surface area contributed by atoms with Crippen LogP contribution in [0.2, 0.25) is 0 Å². The zero-order valence-electron chi connectivity index (χ0n) is 10.9. The first-order valence-corrected chi connectivity index (χ1v) is 7.31. The molecule has 0 amide bonds. The third-order valence-electron chi connectivity index (χ3n) is 2.84. The Morgan fingerprint density at radius 2 is 1.86 bits per heavy atom. The number of imidazole rings is 1. The molecule has 0 saturated heterocycles. The van der Waals surface area contributed by atoms with Gasteiger partial charge in [-0.3, -0.25) is 0 Å². The van der Waals surface area contributed by atoms with E-state index in [2.05, 4.69) is 10.3 Å². The minimum Gasteiger partial charge on any atom is -0.378 e. The minimum absolute atomic E-state index is 0.370. The first-order chi connectivity index (χ1) is 9.72. The van der Waals surface area contributed by atoms with E-state index in [0.29, 0.717) is 12.2 Å². The van der Waals surface area contributed by atoms with E-state index in [4.69, 9.17) is 0 Å². The second-order valence-electron chi connectivity index (χ2n) is 4.28. The number of anilines is 1. The van der Waals surface area contributed by atoms with Crippen molar-refractivity contribution in [3.63, 3.8) is 0 Å². The van der Waals surface area contributed by atoms with E-state index in [1.54, 1.807) is 17.0 Å². The highest BCUT2D eigenvalue weighted by atomic mass is 32.2. The molecule has 0 aliphatic carbocycles. The molecule has 0 radical (unpaired) electrons. The Morgan fingerprint density at radius 3 is 2.33 bits per heavy atom. The van der Waals surface area contributed by atoms with Gasteiger partial charge in [-0.15, -0.1) is 0 Å². The molecule has 2 aromatic rings. The highest BCUT2D eigenvalue weighted by Crippen LogP contribution is 2.30. The maximum Gasteiger partial charge on any atom is 0.501 e. The molecule has 9 heteroatoms. The van der Waals surface area contributed by atoms with Crippen LogP contribution in [0.15, 0.2) is 41.6 Å². The van der Waals surface area contributed by atoms with Crippen molar-refractivity contribution in [2.24, 2.45) is 7.05 Å². The number of nitrogens with one attached hydrogen (secondary N) is 1. The zero-order chi connectivity index (χ0) is 15.7. The summed E-state index contributed by atoms with van der Waals surface area (Å²) in [7, 11) is -3.49. The number of rotatable bonds is 4. The molecule has 5 nitrogen and oxygen atoms in total. The number of halogens is 3. The number of aromatic nitrogens is 2. The molecule has 1 aromatic carbocycles. The molecule has 0 atom stereocenters. The summed E-state index contributed by atoms with van der Waals surface area (Å²) < 4.78 is 61.3. The summed E-state index contributed by atoms with van der Waals surface area (Å²) in [5.41, 5.74) is -4.80. The third kappa shape index (κ3) is 3.18. The Labute approximate surface area is 119 Å². The molecule has 21 heavy (non-hydrogen) atoms. The lowest BCUT2D eigenvalue weighted by Crippen LogP contribution is -2.23. The highest BCUT2D eigenvalue weighted by Gasteiger charge is 2.46. The fraction of sp³-hybridized carbons (Fsp3) is 0.250. The Bertz CT molecular complexity index is 721. The molecule has 0 unspecified atom stereocenters. The molecule has 0 fully saturated rings. The monoisotopic (exact) mass is 319 g/mol. The van der Waals surface area contributed by atoms with Gasteiger partial charge in [0.05, 0.1) is 11.4 Å². The summed E-state index contributed by atoms with van der Waals surface area (Å²) in [6.45, 7) is 0.370. The lowest BCUT2D eigenvalue weighted by Gasteiger charge is -2.10. The third-order valence-corrected chi connectivity index (χ3v) is 4.34. The van der Waals surface area contributed by atoms with E-state index in [0.717, 1.165) is 18.0 Å². The second kappa shape index (κ2) is 5.40. The average molecular weight is 319 g/mol. The number of nitrogens with zero attached hydrogens (tertiary/aromatic N) is 2. The fourth-order valence-electron chi connectivity index (χ4n) is 1.63. The van der Waals surface area contributed by atoms with E-state index >= 15 is 0 Å². The summed E-state index contributed by atoms with van der Waals surface area (Å²) in [5, 5.41) is 2.95. The van der Waals surface area contributed by atoms with Crippen LogP contribution < -0.4 is 5.32 Å². The molecule has 2 rings (SSSR count). The summed E-state index contributed by atoms with van der Waals surface area (Å²) >= 11 is 0. The Balaban J connectivity index is 2.11. The van der Waals surface area contributed by atoms with Gasteiger partial charge in [-0.1, -0.05) is 0 Å². The van der Waals surface area contributed by atoms with E-state index < -0.39 is 20.2 Å². The summed E-state index contributed by atoms with van der Waals surface area (Å²) in [5.74, 6) is 0.738. The van der Waals surface area contributed by atoms with Gasteiger partial charge in [0.15, 0.2) is 0 Å². The van der Waals surface area contributed by atoms with Crippen LogP contribution in [0.1, 0.15) is 5.82 Å². The van der Waals surface area contributed by atoms with Crippen molar-refractivity contribution < 1.29 is 21.6 Å². The van der Waals surface area contributed by atoms with Gasteiger partial charge in [-0.2, -0.15) is 13.2 Å². The van der Waals surface area contributed by atoms with Crippen molar-refractivity contribution in [1.82, 2.24) is 9.55 Å².